The predicted molar refractivity (Wildman–Crippen MR) is 82.4 cm³/mol. The summed E-state index contributed by atoms with van der Waals surface area (Å²) in [5, 5.41) is 0.673. The van der Waals surface area contributed by atoms with Crippen LogP contribution in [0.4, 0.5) is 10.3 Å². The van der Waals surface area contributed by atoms with Crippen molar-refractivity contribution < 1.29 is 4.39 Å². The van der Waals surface area contributed by atoms with Gasteiger partial charge in [-0.25, -0.2) is 9.37 Å². The fourth-order valence-corrected chi connectivity index (χ4v) is 2.53. The van der Waals surface area contributed by atoms with Crippen LogP contribution in [0.2, 0.25) is 5.02 Å². The molecule has 0 bridgehead atoms. The Labute approximate surface area is 128 Å². The molecule has 0 aliphatic rings. The fourth-order valence-electron chi connectivity index (χ4n) is 2.08. The van der Waals surface area contributed by atoms with Gasteiger partial charge >= 0.3 is 0 Å². The molecule has 1 heterocycles. The van der Waals surface area contributed by atoms with E-state index in [-0.39, 0.29) is 5.82 Å². The number of halogens is 3. The van der Waals surface area contributed by atoms with Crippen molar-refractivity contribution in [3.8, 4) is 0 Å². The number of fused-ring (bicyclic) bond motifs is 1. The van der Waals surface area contributed by atoms with Crippen molar-refractivity contribution in [3.05, 3.63) is 57.3 Å². The van der Waals surface area contributed by atoms with E-state index in [4.69, 9.17) is 17.3 Å². The monoisotopic (exact) mass is 353 g/mol. The van der Waals surface area contributed by atoms with E-state index in [2.05, 4.69) is 20.9 Å². The minimum absolute atomic E-state index is 0.338. The third kappa shape index (κ3) is 2.39. The van der Waals surface area contributed by atoms with E-state index in [1.54, 1.807) is 10.6 Å². The van der Waals surface area contributed by atoms with Crippen molar-refractivity contribution in [3.63, 3.8) is 0 Å². The maximum atomic E-state index is 13.7. The van der Waals surface area contributed by atoms with Gasteiger partial charge in [-0.15, -0.1) is 0 Å². The van der Waals surface area contributed by atoms with Crippen LogP contribution in [-0.2, 0) is 6.54 Å². The third-order valence-corrected chi connectivity index (χ3v) is 3.93. The lowest BCUT2D eigenvalue weighted by Gasteiger charge is -2.07. The van der Waals surface area contributed by atoms with Crippen LogP contribution in [0.5, 0.6) is 0 Å². The van der Waals surface area contributed by atoms with Gasteiger partial charge in [-0.05, 0) is 39.7 Å². The molecule has 0 saturated heterocycles. The summed E-state index contributed by atoms with van der Waals surface area (Å²) < 4.78 is 15.8. The number of nitrogens with zero attached hydrogens (tertiary/aromatic N) is 2. The first-order valence-electron chi connectivity index (χ1n) is 5.90. The van der Waals surface area contributed by atoms with E-state index in [1.807, 2.05) is 24.3 Å². The Bertz CT molecular complexity index is 783. The molecule has 0 saturated carbocycles. The van der Waals surface area contributed by atoms with Crippen molar-refractivity contribution in [2.45, 2.75) is 6.54 Å². The predicted octanol–water partition coefficient (Wildman–Crippen LogP) is 4.22. The molecule has 102 valence electrons. The highest BCUT2D eigenvalue weighted by Crippen LogP contribution is 2.26. The second kappa shape index (κ2) is 5.07. The summed E-state index contributed by atoms with van der Waals surface area (Å²) in [4.78, 5) is 4.25. The smallest absolute Gasteiger partial charge is 0.201 e. The molecule has 0 amide bonds. The van der Waals surface area contributed by atoms with Crippen LogP contribution in [0, 0.1) is 5.82 Å². The van der Waals surface area contributed by atoms with E-state index in [1.165, 1.54) is 6.07 Å². The second-order valence-corrected chi connectivity index (χ2v) is 5.73. The minimum Gasteiger partial charge on any atom is -0.369 e. The zero-order valence-corrected chi connectivity index (χ0v) is 12.6. The second-order valence-electron chi connectivity index (χ2n) is 4.44. The zero-order chi connectivity index (χ0) is 14.3. The molecule has 0 radical (unpaired) electrons. The van der Waals surface area contributed by atoms with Crippen molar-refractivity contribution in [2.24, 2.45) is 0 Å². The van der Waals surface area contributed by atoms with E-state index >= 15 is 0 Å². The lowest BCUT2D eigenvalue weighted by atomic mass is 10.2. The van der Waals surface area contributed by atoms with Gasteiger partial charge in [0.25, 0.3) is 0 Å². The summed E-state index contributed by atoms with van der Waals surface area (Å²) in [6, 6.07) is 10.5. The van der Waals surface area contributed by atoms with Crippen molar-refractivity contribution >= 4 is 44.5 Å². The summed E-state index contributed by atoms with van der Waals surface area (Å²) >= 11 is 9.00. The summed E-state index contributed by atoms with van der Waals surface area (Å²) in [6.45, 7) is 0.514. The van der Waals surface area contributed by atoms with E-state index < -0.39 is 0 Å². The number of imidazole rings is 1. The van der Waals surface area contributed by atoms with Gasteiger partial charge in [0.2, 0.25) is 5.95 Å². The number of nitrogen functional groups attached to an aromatic ring is 1. The number of rotatable bonds is 2. The minimum atomic E-state index is -0.338. The van der Waals surface area contributed by atoms with Gasteiger partial charge in [0.1, 0.15) is 5.82 Å². The molecule has 0 aliphatic heterocycles. The van der Waals surface area contributed by atoms with Gasteiger partial charge in [0.15, 0.2) is 0 Å². The maximum Gasteiger partial charge on any atom is 0.201 e. The number of hydrogen-bond acceptors (Lipinski definition) is 2. The molecule has 0 spiro atoms. The fraction of sp³-hybridized carbons (Fsp3) is 0.0714. The lowest BCUT2D eigenvalue weighted by Crippen LogP contribution is -2.04. The Morgan fingerprint density at radius 1 is 1.25 bits per heavy atom. The molecule has 3 aromatic rings. The summed E-state index contributed by atoms with van der Waals surface area (Å²) in [5.41, 5.74) is 8.26. The molecule has 0 aliphatic carbocycles. The molecular formula is C14H10BrClFN3. The Balaban J connectivity index is 2.08. The molecule has 3 rings (SSSR count). The highest BCUT2D eigenvalue weighted by molar-refractivity contribution is 9.10. The number of nitrogens with two attached hydrogens (primary N) is 1. The average molecular weight is 355 g/mol. The molecule has 0 unspecified atom stereocenters. The molecular weight excluding hydrogens is 345 g/mol. The lowest BCUT2D eigenvalue weighted by molar-refractivity contribution is 0.622. The largest absolute Gasteiger partial charge is 0.369 e. The average Bonchev–Trinajstić information content (AvgIpc) is 2.69. The quantitative estimate of drug-likeness (QED) is 0.749. The van der Waals surface area contributed by atoms with E-state index in [9.17, 15) is 4.39 Å². The molecule has 2 N–H and O–H groups in total. The van der Waals surface area contributed by atoms with Crippen LogP contribution in [-0.4, -0.2) is 9.55 Å². The molecule has 2 aromatic carbocycles. The van der Waals surface area contributed by atoms with Crippen LogP contribution in [0.25, 0.3) is 11.0 Å². The van der Waals surface area contributed by atoms with Gasteiger partial charge in [0, 0.05) is 11.1 Å². The van der Waals surface area contributed by atoms with Crippen LogP contribution in [0.1, 0.15) is 5.56 Å². The summed E-state index contributed by atoms with van der Waals surface area (Å²) in [7, 11) is 0. The third-order valence-electron chi connectivity index (χ3n) is 3.07. The van der Waals surface area contributed by atoms with Gasteiger partial charge in [-0.3, -0.25) is 0 Å². The van der Waals surface area contributed by atoms with Crippen molar-refractivity contribution in [1.29, 1.82) is 0 Å². The maximum absolute atomic E-state index is 13.7. The van der Waals surface area contributed by atoms with Gasteiger partial charge in [-0.2, -0.15) is 0 Å². The van der Waals surface area contributed by atoms with Crippen molar-refractivity contribution in [2.75, 3.05) is 5.73 Å². The molecule has 0 atom stereocenters. The molecule has 1 aromatic heterocycles. The molecule has 3 nitrogen and oxygen atoms in total. The van der Waals surface area contributed by atoms with Crippen LogP contribution >= 0.6 is 27.5 Å². The molecule has 20 heavy (non-hydrogen) atoms. The van der Waals surface area contributed by atoms with Gasteiger partial charge < -0.3 is 10.3 Å². The summed E-state index contributed by atoms with van der Waals surface area (Å²) in [6.07, 6.45) is 0. The van der Waals surface area contributed by atoms with E-state index in [0.29, 0.717) is 33.0 Å². The normalized spacial score (nSPS) is 11.2. The highest BCUT2D eigenvalue weighted by atomic mass is 79.9. The first-order chi connectivity index (χ1) is 9.54. The number of benzene rings is 2. The topological polar surface area (TPSA) is 43.8 Å². The van der Waals surface area contributed by atoms with Crippen LogP contribution in [0.3, 0.4) is 0 Å². The molecule has 0 fully saturated rings. The first kappa shape index (κ1) is 13.4. The number of hydrogen-bond donors (Lipinski definition) is 1. The Morgan fingerprint density at radius 2 is 1.95 bits per heavy atom. The Morgan fingerprint density at radius 3 is 2.65 bits per heavy atom. The summed E-state index contributed by atoms with van der Waals surface area (Å²) in [5.74, 6) is 0.0159. The zero-order valence-electron chi connectivity index (χ0n) is 10.3. The van der Waals surface area contributed by atoms with Crippen LogP contribution in [0.15, 0.2) is 40.9 Å². The Kier molecular flexibility index (Phi) is 3.40. The number of anilines is 1. The molecule has 6 heteroatoms. The highest BCUT2D eigenvalue weighted by Gasteiger charge is 2.12. The Hall–Kier alpha value is -1.59. The van der Waals surface area contributed by atoms with Gasteiger partial charge in [0.05, 0.1) is 22.1 Å². The van der Waals surface area contributed by atoms with Gasteiger partial charge in [-0.1, -0.05) is 23.7 Å². The SMILES string of the molecule is Nc1nc2cc(Br)c(F)cc2n1Cc1ccc(Cl)cc1. The van der Waals surface area contributed by atoms with E-state index in [0.717, 1.165) is 5.56 Å². The van der Waals surface area contributed by atoms with Crippen LogP contribution < -0.4 is 5.73 Å². The number of aromatic nitrogens is 2. The first-order valence-corrected chi connectivity index (χ1v) is 7.07. The van der Waals surface area contributed by atoms with Crippen molar-refractivity contribution in [1.82, 2.24) is 9.55 Å². The standard InChI is InChI=1S/C14H10BrClFN3/c15-10-5-12-13(6-11(10)17)20(14(18)19-12)7-8-1-3-9(16)4-2-8/h1-6H,7H2,(H2,18,19).